The number of carbonyl (C=O) groups excluding carboxylic acids is 1. The molecule has 1 aliphatic rings. The highest BCUT2D eigenvalue weighted by Crippen LogP contribution is 2.22. The van der Waals surface area contributed by atoms with Gasteiger partial charge in [-0.1, -0.05) is 0 Å². The smallest absolute Gasteiger partial charge is 0.253 e. The Bertz CT molecular complexity index is 496. The minimum Gasteiger partial charge on any atom is -0.393 e. The first-order valence-electron chi connectivity index (χ1n) is 7.27. The molecule has 21 heavy (non-hydrogen) atoms. The Morgan fingerprint density at radius 1 is 1.48 bits per heavy atom. The molecule has 0 bridgehead atoms. The third-order valence-electron chi connectivity index (χ3n) is 4.10. The Hall–Kier alpha value is -1.46. The van der Waals surface area contributed by atoms with Crippen LogP contribution in [0.3, 0.4) is 0 Å². The molecule has 0 aromatic heterocycles. The number of likely N-dealkylation sites (tertiary alicyclic amines) is 1. The molecule has 1 heterocycles. The molecule has 1 unspecified atom stereocenters. The van der Waals surface area contributed by atoms with Gasteiger partial charge in [-0.25, -0.2) is 4.39 Å². The molecule has 1 aliphatic heterocycles. The lowest BCUT2D eigenvalue weighted by atomic mass is 9.92. The topological polar surface area (TPSA) is 49.8 Å². The third-order valence-corrected chi connectivity index (χ3v) is 4.10. The lowest BCUT2D eigenvalue weighted by molar-refractivity contribution is 0.0521. The number of amides is 1. The first kappa shape index (κ1) is 15.9. The van der Waals surface area contributed by atoms with Crippen LogP contribution in [0.4, 0.5) is 4.39 Å². The van der Waals surface area contributed by atoms with Crippen LogP contribution in [0.25, 0.3) is 0 Å². The van der Waals surface area contributed by atoms with E-state index in [1.807, 2.05) is 0 Å². The highest BCUT2D eigenvalue weighted by molar-refractivity contribution is 5.94. The number of hydrogen-bond donors (Lipinski definition) is 1. The zero-order chi connectivity index (χ0) is 15.4. The zero-order valence-corrected chi connectivity index (χ0v) is 12.5. The van der Waals surface area contributed by atoms with E-state index in [1.54, 1.807) is 17.9 Å². The zero-order valence-electron chi connectivity index (χ0n) is 12.5. The van der Waals surface area contributed by atoms with Gasteiger partial charge in [-0.15, -0.1) is 0 Å². The van der Waals surface area contributed by atoms with Crippen molar-refractivity contribution in [2.75, 3.05) is 20.2 Å². The number of piperidine rings is 1. The number of carbonyl (C=O) groups is 1. The van der Waals surface area contributed by atoms with E-state index in [0.29, 0.717) is 24.2 Å². The van der Waals surface area contributed by atoms with Crippen molar-refractivity contribution in [1.82, 2.24) is 4.90 Å². The van der Waals surface area contributed by atoms with Gasteiger partial charge in [0.1, 0.15) is 5.82 Å². The van der Waals surface area contributed by atoms with Gasteiger partial charge in [-0.05, 0) is 43.9 Å². The van der Waals surface area contributed by atoms with Crippen molar-refractivity contribution in [2.45, 2.75) is 32.5 Å². The van der Waals surface area contributed by atoms with Gasteiger partial charge in [0.2, 0.25) is 0 Å². The maximum Gasteiger partial charge on any atom is 0.253 e. The van der Waals surface area contributed by atoms with Crippen molar-refractivity contribution >= 4 is 5.91 Å². The summed E-state index contributed by atoms with van der Waals surface area (Å²) >= 11 is 0. The van der Waals surface area contributed by atoms with Crippen LogP contribution < -0.4 is 0 Å². The number of ether oxygens (including phenoxy) is 1. The predicted octanol–water partition coefficient (Wildman–Crippen LogP) is 2.21. The fourth-order valence-electron chi connectivity index (χ4n) is 2.74. The predicted molar refractivity (Wildman–Crippen MR) is 77.4 cm³/mol. The second-order valence-electron chi connectivity index (χ2n) is 5.61. The molecule has 1 N–H and O–H groups in total. The van der Waals surface area contributed by atoms with Crippen molar-refractivity contribution in [2.24, 2.45) is 5.92 Å². The SMILES string of the molecule is COCc1cc(C(=O)N2CCC(C(C)O)CC2)ccc1F. The van der Waals surface area contributed by atoms with E-state index in [4.69, 9.17) is 4.74 Å². The van der Waals surface area contributed by atoms with Crippen LogP contribution in [0, 0.1) is 11.7 Å². The summed E-state index contributed by atoms with van der Waals surface area (Å²) in [6.45, 7) is 3.20. The average Bonchev–Trinajstić information content (AvgIpc) is 2.49. The fraction of sp³-hybridized carbons (Fsp3) is 0.562. The standard InChI is InChI=1S/C16H22FNO3/c1-11(19)12-5-7-18(8-6-12)16(20)13-3-4-15(17)14(9-13)10-21-2/h3-4,9,11-12,19H,5-8,10H2,1-2H3. The number of hydrogen-bond acceptors (Lipinski definition) is 3. The van der Waals surface area contributed by atoms with Crippen molar-refractivity contribution in [3.63, 3.8) is 0 Å². The first-order valence-corrected chi connectivity index (χ1v) is 7.27. The van der Waals surface area contributed by atoms with Crippen LogP contribution in [-0.4, -0.2) is 42.2 Å². The van der Waals surface area contributed by atoms with Crippen LogP contribution in [0.2, 0.25) is 0 Å². The maximum absolute atomic E-state index is 13.6. The highest BCUT2D eigenvalue weighted by atomic mass is 19.1. The van der Waals surface area contributed by atoms with Gasteiger partial charge in [0.25, 0.3) is 5.91 Å². The van der Waals surface area contributed by atoms with Crippen molar-refractivity contribution in [3.8, 4) is 0 Å². The summed E-state index contributed by atoms with van der Waals surface area (Å²) in [5.74, 6) is -0.191. The molecular weight excluding hydrogens is 273 g/mol. The van der Waals surface area contributed by atoms with Gasteiger partial charge in [0, 0.05) is 31.3 Å². The van der Waals surface area contributed by atoms with Crippen molar-refractivity contribution in [3.05, 3.63) is 35.1 Å². The second kappa shape index (κ2) is 7.00. The van der Waals surface area contributed by atoms with Gasteiger partial charge < -0.3 is 14.7 Å². The molecule has 0 radical (unpaired) electrons. The normalized spacial score (nSPS) is 17.8. The molecule has 0 aliphatic carbocycles. The fourth-order valence-corrected chi connectivity index (χ4v) is 2.74. The molecule has 116 valence electrons. The number of nitrogens with zero attached hydrogens (tertiary/aromatic N) is 1. The van der Waals surface area contributed by atoms with E-state index in [-0.39, 0.29) is 30.4 Å². The van der Waals surface area contributed by atoms with Crippen LogP contribution in [0.5, 0.6) is 0 Å². The van der Waals surface area contributed by atoms with E-state index in [2.05, 4.69) is 0 Å². The summed E-state index contributed by atoms with van der Waals surface area (Å²) in [6.07, 6.45) is 1.27. The van der Waals surface area contributed by atoms with Crippen LogP contribution >= 0.6 is 0 Å². The largest absolute Gasteiger partial charge is 0.393 e. The Labute approximate surface area is 124 Å². The summed E-state index contributed by atoms with van der Waals surface area (Å²) in [5, 5.41) is 9.59. The summed E-state index contributed by atoms with van der Waals surface area (Å²) in [7, 11) is 1.49. The third kappa shape index (κ3) is 3.80. The van der Waals surface area contributed by atoms with E-state index in [9.17, 15) is 14.3 Å². The Balaban J connectivity index is 2.05. The van der Waals surface area contributed by atoms with Gasteiger partial charge in [-0.3, -0.25) is 4.79 Å². The van der Waals surface area contributed by atoms with Gasteiger partial charge in [0.05, 0.1) is 12.7 Å². The number of aliphatic hydroxyl groups is 1. The minimum absolute atomic E-state index is 0.0867. The second-order valence-corrected chi connectivity index (χ2v) is 5.61. The highest BCUT2D eigenvalue weighted by Gasteiger charge is 2.26. The number of rotatable bonds is 4. The Morgan fingerprint density at radius 3 is 2.71 bits per heavy atom. The molecule has 1 atom stereocenters. The van der Waals surface area contributed by atoms with Crippen LogP contribution in [0.1, 0.15) is 35.7 Å². The molecule has 0 spiro atoms. The van der Waals surface area contributed by atoms with Crippen molar-refractivity contribution < 1.29 is 19.0 Å². The number of methoxy groups -OCH3 is 1. The molecule has 1 fully saturated rings. The summed E-state index contributed by atoms with van der Waals surface area (Å²) in [4.78, 5) is 14.2. The number of halogens is 1. The molecule has 1 aromatic rings. The molecule has 1 saturated heterocycles. The molecule has 4 nitrogen and oxygen atoms in total. The number of aliphatic hydroxyl groups excluding tert-OH is 1. The molecule has 0 saturated carbocycles. The maximum atomic E-state index is 13.6. The molecule has 5 heteroatoms. The summed E-state index contributed by atoms with van der Waals surface area (Å²) in [5.41, 5.74) is 0.876. The molecule has 1 aromatic carbocycles. The minimum atomic E-state index is -0.360. The Morgan fingerprint density at radius 2 is 2.14 bits per heavy atom. The lowest BCUT2D eigenvalue weighted by Crippen LogP contribution is -2.40. The average molecular weight is 295 g/mol. The molecular formula is C16H22FNO3. The Kier molecular flexibility index (Phi) is 5.31. The van der Waals surface area contributed by atoms with E-state index < -0.39 is 0 Å². The molecule has 1 amide bonds. The van der Waals surface area contributed by atoms with Gasteiger partial charge in [-0.2, -0.15) is 0 Å². The molecule has 2 rings (SSSR count). The van der Waals surface area contributed by atoms with Gasteiger partial charge in [0.15, 0.2) is 0 Å². The van der Waals surface area contributed by atoms with E-state index >= 15 is 0 Å². The van der Waals surface area contributed by atoms with Crippen LogP contribution in [-0.2, 0) is 11.3 Å². The summed E-state index contributed by atoms with van der Waals surface area (Å²) in [6, 6.07) is 4.38. The summed E-state index contributed by atoms with van der Waals surface area (Å²) < 4.78 is 18.5. The van der Waals surface area contributed by atoms with Crippen LogP contribution in [0.15, 0.2) is 18.2 Å². The van der Waals surface area contributed by atoms with Crippen molar-refractivity contribution in [1.29, 1.82) is 0 Å². The monoisotopic (exact) mass is 295 g/mol. The lowest BCUT2D eigenvalue weighted by Gasteiger charge is -2.33. The van der Waals surface area contributed by atoms with E-state index in [1.165, 1.54) is 19.2 Å². The first-order chi connectivity index (χ1) is 10.0. The number of benzene rings is 1. The van der Waals surface area contributed by atoms with E-state index in [0.717, 1.165) is 12.8 Å². The van der Waals surface area contributed by atoms with Gasteiger partial charge >= 0.3 is 0 Å². The quantitative estimate of drug-likeness (QED) is 0.926.